The van der Waals surface area contributed by atoms with Crippen molar-refractivity contribution >= 4 is 5.91 Å². The van der Waals surface area contributed by atoms with Gasteiger partial charge in [0.25, 0.3) is 0 Å². The average Bonchev–Trinajstić information content (AvgIpc) is 2.19. The van der Waals surface area contributed by atoms with E-state index in [2.05, 4.69) is 31.3 Å². The molecule has 0 fully saturated rings. The predicted molar refractivity (Wildman–Crippen MR) is 54.4 cm³/mol. The number of rotatable bonds is 3. The summed E-state index contributed by atoms with van der Waals surface area (Å²) in [5.74, 6) is 0.456. The molecule has 0 saturated heterocycles. The highest BCUT2D eigenvalue weighted by Gasteiger charge is 2.19. The minimum atomic E-state index is 0.221. The number of nitrogens with one attached hydrogen (secondary N) is 1. The number of carbonyl (C=O) groups is 1. The zero-order chi connectivity index (χ0) is 9.68. The fraction of sp³-hybridized carbons (Fsp3) is 0.727. The Balaban J connectivity index is 2.34. The van der Waals surface area contributed by atoms with Gasteiger partial charge in [0.1, 0.15) is 0 Å². The van der Waals surface area contributed by atoms with Gasteiger partial charge in [-0.05, 0) is 32.6 Å². The summed E-state index contributed by atoms with van der Waals surface area (Å²) in [7, 11) is 0. The van der Waals surface area contributed by atoms with Gasteiger partial charge in [0.05, 0.1) is 0 Å². The minimum absolute atomic E-state index is 0.221. The highest BCUT2D eigenvalue weighted by molar-refractivity contribution is 5.79. The van der Waals surface area contributed by atoms with E-state index in [0.717, 1.165) is 25.7 Å². The first kappa shape index (κ1) is 10.3. The number of hydrogen-bond donors (Lipinski definition) is 1. The van der Waals surface area contributed by atoms with E-state index in [-0.39, 0.29) is 11.8 Å². The van der Waals surface area contributed by atoms with Crippen LogP contribution in [-0.4, -0.2) is 11.9 Å². The molecule has 0 saturated carbocycles. The fourth-order valence-corrected chi connectivity index (χ4v) is 1.49. The van der Waals surface area contributed by atoms with Crippen LogP contribution in [0.5, 0.6) is 0 Å². The van der Waals surface area contributed by atoms with Gasteiger partial charge in [-0.1, -0.05) is 19.1 Å². The fourth-order valence-electron chi connectivity index (χ4n) is 1.49. The van der Waals surface area contributed by atoms with Gasteiger partial charge in [-0.3, -0.25) is 4.79 Å². The van der Waals surface area contributed by atoms with Crippen molar-refractivity contribution < 1.29 is 4.79 Å². The topological polar surface area (TPSA) is 29.1 Å². The molecule has 1 aliphatic carbocycles. The van der Waals surface area contributed by atoms with Gasteiger partial charge < -0.3 is 5.32 Å². The molecule has 1 aliphatic rings. The van der Waals surface area contributed by atoms with Crippen molar-refractivity contribution in [2.75, 3.05) is 0 Å². The van der Waals surface area contributed by atoms with Crippen LogP contribution in [-0.2, 0) is 4.79 Å². The summed E-state index contributed by atoms with van der Waals surface area (Å²) in [6.07, 6.45) is 8.27. The van der Waals surface area contributed by atoms with Crippen molar-refractivity contribution in [1.82, 2.24) is 5.32 Å². The molecule has 0 aromatic heterocycles. The van der Waals surface area contributed by atoms with Crippen molar-refractivity contribution in [3.63, 3.8) is 0 Å². The summed E-state index contributed by atoms with van der Waals surface area (Å²) in [4.78, 5) is 11.6. The first-order chi connectivity index (χ1) is 6.24. The zero-order valence-corrected chi connectivity index (χ0v) is 8.55. The van der Waals surface area contributed by atoms with Gasteiger partial charge >= 0.3 is 0 Å². The molecule has 1 amide bonds. The molecule has 0 aromatic carbocycles. The summed E-state index contributed by atoms with van der Waals surface area (Å²) in [6.45, 7) is 4.14. The standard InChI is InChI=1S/C11H19NO/c1-3-9(2)12-11(13)10-7-5-4-6-8-10/h4-5,9-10H,3,6-8H2,1-2H3,(H,12,13). The summed E-state index contributed by atoms with van der Waals surface area (Å²) in [6, 6.07) is 0.318. The van der Waals surface area contributed by atoms with Crippen LogP contribution in [0.15, 0.2) is 12.2 Å². The molecule has 0 radical (unpaired) electrons. The van der Waals surface area contributed by atoms with Gasteiger partial charge in [0.15, 0.2) is 0 Å². The van der Waals surface area contributed by atoms with Crippen molar-refractivity contribution in [3.8, 4) is 0 Å². The Kier molecular flexibility index (Phi) is 4.00. The summed E-state index contributed by atoms with van der Waals surface area (Å²) < 4.78 is 0. The molecule has 2 unspecified atom stereocenters. The quantitative estimate of drug-likeness (QED) is 0.665. The summed E-state index contributed by atoms with van der Waals surface area (Å²) in [5.41, 5.74) is 0. The molecule has 0 spiro atoms. The second-order valence-electron chi connectivity index (χ2n) is 3.80. The molecular formula is C11H19NO. The number of allylic oxidation sites excluding steroid dienone is 2. The lowest BCUT2D eigenvalue weighted by Crippen LogP contribution is -2.37. The maximum atomic E-state index is 11.6. The first-order valence-electron chi connectivity index (χ1n) is 5.19. The van der Waals surface area contributed by atoms with Crippen molar-refractivity contribution in [2.45, 2.75) is 45.6 Å². The molecule has 0 bridgehead atoms. The SMILES string of the molecule is CCC(C)NC(=O)C1CC=CCC1. The van der Waals surface area contributed by atoms with Crippen LogP contribution in [0.1, 0.15) is 39.5 Å². The summed E-state index contributed by atoms with van der Waals surface area (Å²) >= 11 is 0. The van der Waals surface area contributed by atoms with E-state index in [0.29, 0.717) is 6.04 Å². The van der Waals surface area contributed by atoms with Gasteiger partial charge in [-0.25, -0.2) is 0 Å². The molecule has 13 heavy (non-hydrogen) atoms. The third kappa shape index (κ3) is 3.21. The molecule has 2 heteroatoms. The number of hydrogen-bond acceptors (Lipinski definition) is 1. The van der Waals surface area contributed by atoms with Crippen LogP contribution in [0, 0.1) is 5.92 Å². The van der Waals surface area contributed by atoms with Crippen molar-refractivity contribution in [2.24, 2.45) is 5.92 Å². The van der Waals surface area contributed by atoms with Crippen LogP contribution < -0.4 is 5.32 Å². The van der Waals surface area contributed by atoms with E-state index in [1.807, 2.05) is 0 Å². The first-order valence-corrected chi connectivity index (χ1v) is 5.19. The van der Waals surface area contributed by atoms with E-state index in [1.54, 1.807) is 0 Å². The number of amides is 1. The Morgan fingerprint density at radius 1 is 1.62 bits per heavy atom. The van der Waals surface area contributed by atoms with Crippen LogP contribution in [0.4, 0.5) is 0 Å². The molecule has 74 valence electrons. The second kappa shape index (κ2) is 5.05. The van der Waals surface area contributed by atoms with E-state index in [9.17, 15) is 4.79 Å². The Bertz CT molecular complexity index is 198. The Morgan fingerprint density at radius 3 is 2.92 bits per heavy atom. The van der Waals surface area contributed by atoms with Gasteiger partial charge in [-0.2, -0.15) is 0 Å². The van der Waals surface area contributed by atoms with Gasteiger partial charge in [-0.15, -0.1) is 0 Å². The van der Waals surface area contributed by atoms with E-state index in [1.165, 1.54) is 0 Å². The van der Waals surface area contributed by atoms with E-state index < -0.39 is 0 Å². The minimum Gasteiger partial charge on any atom is -0.353 e. The zero-order valence-electron chi connectivity index (χ0n) is 8.55. The normalized spacial score (nSPS) is 24.0. The van der Waals surface area contributed by atoms with Crippen LogP contribution in [0.25, 0.3) is 0 Å². The maximum absolute atomic E-state index is 11.6. The molecule has 0 heterocycles. The highest BCUT2D eigenvalue weighted by Crippen LogP contribution is 2.18. The Hall–Kier alpha value is -0.790. The molecular weight excluding hydrogens is 162 g/mol. The van der Waals surface area contributed by atoms with Crippen LogP contribution in [0.3, 0.4) is 0 Å². The molecule has 1 rings (SSSR count). The van der Waals surface area contributed by atoms with E-state index >= 15 is 0 Å². The monoisotopic (exact) mass is 181 g/mol. The smallest absolute Gasteiger partial charge is 0.223 e. The summed E-state index contributed by atoms with van der Waals surface area (Å²) in [5, 5.41) is 3.03. The van der Waals surface area contributed by atoms with E-state index in [4.69, 9.17) is 0 Å². The predicted octanol–water partition coefficient (Wildman–Crippen LogP) is 2.26. The lowest BCUT2D eigenvalue weighted by Gasteiger charge is -2.19. The number of carbonyl (C=O) groups excluding carboxylic acids is 1. The van der Waals surface area contributed by atoms with Crippen molar-refractivity contribution in [1.29, 1.82) is 0 Å². The van der Waals surface area contributed by atoms with Crippen molar-refractivity contribution in [3.05, 3.63) is 12.2 Å². The highest BCUT2D eigenvalue weighted by atomic mass is 16.1. The molecule has 1 N–H and O–H groups in total. The molecule has 0 aromatic rings. The largest absolute Gasteiger partial charge is 0.353 e. The molecule has 0 aliphatic heterocycles. The average molecular weight is 181 g/mol. The van der Waals surface area contributed by atoms with Gasteiger partial charge in [0, 0.05) is 12.0 Å². The molecule has 2 atom stereocenters. The van der Waals surface area contributed by atoms with Crippen LogP contribution in [0.2, 0.25) is 0 Å². The third-order valence-corrected chi connectivity index (χ3v) is 2.64. The lowest BCUT2D eigenvalue weighted by molar-refractivity contribution is -0.125. The van der Waals surface area contributed by atoms with Crippen LogP contribution >= 0.6 is 0 Å². The third-order valence-electron chi connectivity index (χ3n) is 2.64. The second-order valence-corrected chi connectivity index (χ2v) is 3.80. The lowest BCUT2D eigenvalue weighted by atomic mass is 9.93. The Labute approximate surface area is 80.4 Å². The molecule has 2 nitrogen and oxygen atoms in total. The Morgan fingerprint density at radius 2 is 2.38 bits per heavy atom. The maximum Gasteiger partial charge on any atom is 0.223 e. The van der Waals surface area contributed by atoms with Gasteiger partial charge in [0.2, 0.25) is 5.91 Å².